The van der Waals surface area contributed by atoms with Crippen LogP contribution in [0.25, 0.3) is 0 Å². The molecule has 2 atom stereocenters. The monoisotopic (exact) mass is 339 g/mol. The largest absolute Gasteiger partial charge is 0.445 e. The standard InChI is InChI=1S/C21H25NO3/c23-20-14-8-7-13-19(20)22(15-17-9-3-1-4-10-17)21(24)25-16-18-11-5-2-6-12-18/h1-6,9-12,19-20,23H,7-8,13-16H2/t19-,20-/m1/s1. The molecule has 0 bridgehead atoms. The Morgan fingerprint density at radius 1 is 0.960 bits per heavy atom. The van der Waals surface area contributed by atoms with Gasteiger partial charge in [-0.25, -0.2) is 4.79 Å². The summed E-state index contributed by atoms with van der Waals surface area (Å²) in [6.45, 7) is 0.698. The van der Waals surface area contributed by atoms with Gasteiger partial charge in [0.15, 0.2) is 0 Å². The van der Waals surface area contributed by atoms with E-state index in [1.54, 1.807) is 4.90 Å². The van der Waals surface area contributed by atoms with Crippen LogP contribution < -0.4 is 0 Å². The molecule has 1 aliphatic carbocycles. The molecule has 0 saturated heterocycles. The van der Waals surface area contributed by atoms with E-state index >= 15 is 0 Å². The molecule has 25 heavy (non-hydrogen) atoms. The van der Waals surface area contributed by atoms with Gasteiger partial charge in [0.2, 0.25) is 0 Å². The molecule has 1 amide bonds. The van der Waals surface area contributed by atoms with Gasteiger partial charge in [-0.15, -0.1) is 0 Å². The number of hydrogen-bond donors (Lipinski definition) is 1. The summed E-state index contributed by atoms with van der Waals surface area (Å²) >= 11 is 0. The van der Waals surface area contributed by atoms with Crippen LogP contribution in [0.15, 0.2) is 60.7 Å². The third kappa shape index (κ3) is 4.83. The lowest BCUT2D eigenvalue weighted by Gasteiger charge is -2.37. The predicted octanol–water partition coefficient (Wildman–Crippen LogP) is 4.13. The minimum atomic E-state index is -0.485. The first-order valence-corrected chi connectivity index (χ1v) is 8.93. The molecule has 4 heteroatoms. The van der Waals surface area contributed by atoms with Gasteiger partial charge in [0.25, 0.3) is 0 Å². The van der Waals surface area contributed by atoms with E-state index in [2.05, 4.69) is 0 Å². The number of hydrogen-bond acceptors (Lipinski definition) is 3. The number of aliphatic hydroxyl groups excluding tert-OH is 1. The lowest BCUT2D eigenvalue weighted by Crippen LogP contribution is -2.48. The van der Waals surface area contributed by atoms with Gasteiger partial charge in [-0.3, -0.25) is 4.90 Å². The highest BCUT2D eigenvalue weighted by atomic mass is 16.6. The van der Waals surface area contributed by atoms with Crippen LogP contribution in [0, 0.1) is 0 Å². The fourth-order valence-electron chi connectivity index (χ4n) is 3.35. The van der Waals surface area contributed by atoms with E-state index in [-0.39, 0.29) is 18.7 Å². The maximum absolute atomic E-state index is 12.8. The Morgan fingerprint density at radius 3 is 2.20 bits per heavy atom. The second-order valence-corrected chi connectivity index (χ2v) is 6.57. The van der Waals surface area contributed by atoms with Crippen molar-refractivity contribution >= 4 is 6.09 Å². The number of carbonyl (C=O) groups is 1. The summed E-state index contributed by atoms with van der Waals surface area (Å²) in [6, 6.07) is 19.3. The number of ether oxygens (including phenoxy) is 1. The Balaban J connectivity index is 1.71. The van der Waals surface area contributed by atoms with E-state index in [9.17, 15) is 9.90 Å². The molecule has 4 nitrogen and oxygen atoms in total. The second-order valence-electron chi connectivity index (χ2n) is 6.57. The van der Waals surface area contributed by atoms with Crippen molar-refractivity contribution in [2.75, 3.05) is 0 Å². The summed E-state index contributed by atoms with van der Waals surface area (Å²) in [6.07, 6.45) is 2.74. The summed E-state index contributed by atoms with van der Waals surface area (Å²) in [4.78, 5) is 14.5. The van der Waals surface area contributed by atoms with Gasteiger partial charge in [0, 0.05) is 6.54 Å². The number of nitrogens with zero attached hydrogens (tertiary/aromatic N) is 1. The molecule has 2 aromatic rings. The summed E-state index contributed by atoms with van der Waals surface area (Å²) in [7, 11) is 0. The maximum Gasteiger partial charge on any atom is 0.410 e. The van der Waals surface area contributed by atoms with Gasteiger partial charge in [-0.05, 0) is 24.0 Å². The van der Waals surface area contributed by atoms with E-state index in [4.69, 9.17) is 4.74 Å². The van der Waals surface area contributed by atoms with Crippen LogP contribution in [0.4, 0.5) is 4.79 Å². The van der Waals surface area contributed by atoms with Crippen molar-refractivity contribution < 1.29 is 14.6 Å². The van der Waals surface area contributed by atoms with Crippen LogP contribution in [-0.2, 0) is 17.9 Å². The SMILES string of the molecule is O=C(OCc1ccccc1)N(Cc1ccccc1)[C@@H]1CCCC[C@H]1O. The number of benzene rings is 2. The van der Waals surface area contributed by atoms with Crippen molar-refractivity contribution in [1.29, 1.82) is 0 Å². The van der Waals surface area contributed by atoms with Crippen LogP contribution in [-0.4, -0.2) is 28.2 Å². The molecule has 1 N–H and O–H groups in total. The van der Waals surface area contributed by atoms with E-state index in [0.717, 1.165) is 36.8 Å². The zero-order chi connectivity index (χ0) is 17.5. The average molecular weight is 339 g/mol. The molecule has 0 radical (unpaired) electrons. The summed E-state index contributed by atoms with van der Waals surface area (Å²) in [5.74, 6) is 0. The van der Waals surface area contributed by atoms with E-state index < -0.39 is 6.10 Å². The first-order valence-electron chi connectivity index (χ1n) is 8.93. The maximum atomic E-state index is 12.8. The quantitative estimate of drug-likeness (QED) is 0.891. The number of aliphatic hydroxyl groups is 1. The first kappa shape index (κ1) is 17.5. The zero-order valence-electron chi connectivity index (χ0n) is 14.4. The Labute approximate surface area is 149 Å². The van der Waals surface area contributed by atoms with Gasteiger partial charge in [-0.1, -0.05) is 73.5 Å². The Bertz CT molecular complexity index is 659. The van der Waals surface area contributed by atoms with Gasteiger partial charge in [0.1, 0.15) is 6.61 Å². The smallest absolute Gasteiger partial charge is 0.410 e. The summed E-state index contributed by atoms with van der Waals surface area (Å²) in [5, 5.41) is 10.4. The number of carbonyl (C=O) groups excluding carboxylic acids is 1. The van der Waals surface area contributed by atoms with Crippen molar-refractivity contribution in [3.8, 4) is 0 Å². The third-order valence-corrected chi connectivity index (χ3v) is 4.73. The fraction of sp³-hybridized carbons (Fsp3) is 0.381. The molecule has 1 aliphatic rings. The van der Waals surface area contributed by atoms with Crippen LogP contribution in [0.3, 0.4) is 0 Å². The van der Waals surface area contributed by atoms with Gasteiger partial charge in [0.05, 0.1) is 12.1 Å². The Morgan fingerprint density at radius 2 is 1.56 bits per heavy atom. The van der Waals surface area contributed by atoms with Crippen LogP contribution in [0.2, 0.25) is 0 Å². The van der Waals surface area contributed by atoms with Gasteiger partial charge >= 0.3 is 6.09 Å². The molecule has 3 rings (SSSR count). The van der Waals surface area contributed by atoms with Gasteiger partial charge in [-0.2, -0.15) is 0 Å². The summed E-state index contributed by atoms with van der Waals surface area (Å²) in [5.41, 5.74) is 2.00. The van der Waals surface area contributed by atoms with Gasteiger partial charge < -0.3 is 9.84 Å². The van der Waals surface area contributed by atoms with E-state index in [1.165, 1.54) is 0 Å². The van der Waals surface area contributed by atoms with Crippen molar-refractivity contribution in [2.45, 2.75) is 51.0 Å². The van der Waals surface area contributed by atoms with E-state index in [1.807, 2.05) is 60.7 Å². The second kappa shape index (κ2) is 8.67. The molecule has 2 aromatic carbocycles. The molecule has 0 heterocycles. The molecule has 1 saturated carbocycles. The highest BCUT2D eigenvalue weighted by molar-refractivity contribution is 5.68. The molecule has 0 spiro atoms. The minimum Gasteiger partial charge on any atom is -0.445 e. The molecular weight excluding hydrogens is 314 g/mol. The van der Waals surface area contributed by atoms with Crippen LogP contribution in [0.5, 0.6) is 0 Å². The molecule has 132 valence electrons. The molecular formula is C21H25NO3. The number of amides is 1. The molecule has 1 fully saturated rings. The fourth-order valence-corrected chi connectivity index (χ4v) is 3.35. The minimum absolute atomic E-state index is 0.183. The number of rotatable bonds is 5. The molecule has 0 aromatic heterocycles. The molecule has 0 aliphatic heterocycles. The van der Waals surface area contributed by atoms with Crippen LogP contribution >= 0.6 is 0 Å². The zero-order valence-corrected chi connectivity index (χ0v) is 14.4. The summed E-state index contributed by atoms with van der Waals surface area (Å²) < 4.78 is 5.54. The van der Waals surface area contributed by atoms with Crippen molar-refractivity contribution in [1.82, 2.24) is 4.90 Å². The Kier molecular flexibility index (Phi) is 6.07. The van der Waals surface area contributed by atoms with Crippen molar-refractivity contribution in [3.63, 3.8) is 0 Å². The molecule has 0 unspecified atom stereocenters. The third-order valence-electron chi connectivity index (χ3n) is 4.73. The normalized spacial score (nSPS) is 20.0. The van der Waals surface area contributed by atoms with Crippen LogP contribution in [0.1, 0.15) is 36.8 Å². The Hall–Kier alpha value is -2.33. The highest BCUT2D eigenvalue weighted by Gasteiger charge is 2.32. The lowest BCUT2D eigenvalue weighted by molar-refractivity contribution is 0.00732. The average Bonchev–Trinajstić information content (AvgIpc) is 2.66. The van der Waals surface area contributed by atoms with Crippen molar-refractivity contribution in [3.05, 3.63) is 71.8 Å². The lowest BCUT2D eigenvalue weighted by atomic mass is 9.91. The van der Waals surface area contributed by atoms with Crippen molar-refractivity contribution in [2.24, 2.45) is 0 Å². The predicted molar refractivity (Wildman–Crippen MR) is 96.9 cm³/mol. The first-order chi connectivity index (χ1) is 12.2. The topological polar surface area (TPSA) is 49.8 Å². The highest BCUT2D eigenvalue weighted by Crippen LogP contribution is 2.25. The van der Waals surface area contributed by atoms with E-state index in [0.29, 0.717) is 6.54 Å².